The molecule has 4 N–H and O–H groups in total. The summed E-state index contributed by atoms with van der Waals surface area (Å²) in [4.78, 5) is 56.3. The Morgan fingerprint density at radius 1 is 0.686 bits per heavy atom. The summed E-state index contributed by atoms with van der Waals surface area (Å²) in [6.45, 7) is 0. The van der Waals surface area contributed by atoms with Gasteiger partial charge in [0.25, 0.3) is 23.7 Å². The number of halogens is 4. The van der Waals surface area contributed by atoms with Crippen LogP contribution in [0.15, 0.2) is 97.2 Å². The van der Waals surface area contributed by atoms with Crippen LogP contribution in [0.4, 0.5) is 32.7 Å². The molecule has 7 rings (SSSR count). The summed E-state index contributed by atoms with van der Waals surface area (Å²) >= 11 is 24.3. The van der Waals surface area contributed by atoms with Crippen LogP contribution in [0.1, 0.15) is 27.8 Å². The van der Waals surface area contributed by atoms with Crippen LogP contribution in [0.5, 0.6) is 11.8 Å². The van der Waals surface area contributed by atoms with Crippen molar-refractivity contribution in [3.8, 4) is 11.8 Å². The predicted molar refractivity (Wildman–Crippen MR) is 186 cm³/mol. The Balaban J connectivity index is 1.30. The molecule has 0 spiro atoms. The normalized spacial score (nSPS) is 14.9. The van der Waals surface area contributed by atoms with E-state index < -0.39 is 47.4 Å². The van der Waals surface area contributed by atoms with E-state index in [1.165, 1.54) is 30.3 Å². The van der Waals surface area contributed by atoms with Crippen LogP contribution in [-0.4, -0.2) is 59.1 Å². The fraction of sp³-hybridized carbons (Fsp3) is 0.0333. The maximum Gasteiger partial charge on any atom is 0.348 e. The van der Waals surface area contributed by atoms with Crippen molar-refractivity contribution in [3.05, 3.63) is 104 Å². The molecule has 2 aliphatic heterocycles. The van der Waals surface area contributed by atoms with Crippen LogP contribution in [-0.2, 0) is 0 Å². The van der Waals surface area contributed by atoms with Crippen molar-refractivity contribution in [1.29, 1.82) is 0 Å². The number of nitrogens with one attached hydrogen (secondary N) is 2. The molecule has 0 saturated carbocycles. The number of rotatable bonds is 6. The highest BCUT2D eigenvalue weighted by molar-refractivity contribution is 6.37. The van der Waals surface area contributed by atoms with E-state index in [0.29, 0.717) is 21.4 Å². The highest BCUT2D eigenvalue weighted by Gasteiger charge is 2.41. The fourth-order valence-corrected chi connectivity index (χ4v) is 5.69. The van der Waals surface area contributed by atoms with Gasteiger partial charge in [0, 0.05) is 32.0 Å². The van der Waals surface area contributed by atoms with Gasteiger partial charge in [0.15, 0.2) is 5.78 Å². The zero-order chi connectivity index (χ0) is 36.0. The van der Waals surface area contributed by atoms with E-state index in [-0.39, 0.29) is 38.9 Å². The first-order chi connectivity index (χ1) is 24.5. The summed E-state index contributed by atoms with van der Waals surface area (Å²) in [6, 6.07) is 14.7. The standard InChI is InChI=1S/C30H16Cl4N12O5/c31-12-1-6-15(7-2-12)35-29(50)39-27-42-41-23-24(48)38-22(45(23)27)19(21(47)17-10-5-14(33)11-18(17)34)20-25(49)46-26(37-20)43-44-28(46)40-30(51)36-16-8-3-13(32)4-9-16/h1-11,19,48-49H,(H,35,50)(H,36,51)/t19-/m0/s1. The third-order valence-electron chi connectivity index (χ3n) is 7.17. The minimum Gasteiger partial charge on any atom is -0.493 e. The van der Waals surface area contributed by atoms with Gasteiger partial charge in [0.2, 0.25) is 11.7 Å². The van der Waals surface area contributed by atoms with Crippen molar-refractivity contribution < 1.29 is 24.6 Å². The average molecular weight is 766 g/mol. The van der Waals surface area contributed by atoms with Crippen LogP contribution < -0.4 is 10.6 Å². The zero-order valence-electron chi connectivity index (χ0n) is 25.0. The van der Waals surface area contributed by atoms with Crippen molar-refractivity contribution in [2.45, 2.75) is 5.92 Å². The molecule has 0 unspecified atom stereocenters. The van der Waals surface area contributed by atoms with Crippen LogP contribution in [0.25, 0.3) is 0 Å². The van der Waals surface area contributed by atoms with Gasteiger partial charge in [0.1, 0.15) is 17.4 Å². The minimum absolute atomic E-state index is 0.0624. The molecule has 21 heteroatoms. The van der Waals surface area contributed by atoms with Crippen LogP contribution in [0, 0.1) is 0 Å². The first kappa shape index (κ1) is 33.5. The van der Waals surface area contributed by atoms with Crippen LogP contribution >= 0.6 is 46.4 Å². The lowest BCUT2D eigenvalue weighted by atomic mass is 9.93. The number of hydrogen-bond acceptors (Lipinski definition) is 9. The Kier molecular flexibility index (Phi) is 8.78. The summed E-state index contributed by atoms with van der Waals surface area (Å²) in [5.41, 5.74) is 0.261. The molecule has 1 atom stereocenters. The summed E-state index contributed by atoms with van der Waals surface area (Å²) in [7, 11) is 0. The third-order valence-corrected chi connectivity index (χ3v) is 8.22. The molecule has 4 heterocycles. The Morgan fingerprint density at radius 2 is 1.24 bits per heavy atom. The molecule has 17 nitrogen and oxygen atoms in total. The molecular weight excluding hydrogens is 750 g/mol. The topological polar surface area (TPSA) is 226 Å². The van der Waals surface area contributed by atoms with Gasteiger partial charge >= 0.3 is 12.1 Å². The number of benzene rings is 3. The number of carbonyl (C=O) groups is 3. The Labute approximate surface area is 304 Å². The van der Waals surface area contributed by atoms with Gasteiger partial charge in [-0.3, -0.25) is 4.79 Å². The predicted octanol–water partition coefficient (Wildman–Crippen LogP) is 8.19. The fourth-order valence-electron chi connectivity index (χ4n) is 4.93. The van der Waals surface area contributed by atoms with E-state index in [1.54, 1.807) is 36.4 Å². The molecule has 0 fully saturated rings. The van der Waals surface area contributed by atoms with E-state index in [1.807, 2.05) is 0 Å². The van der Waals surface area contributed by atoms with Crippen LogP contribution in [0.3, 0.4) is 0 Å². The number of carbonyl (C=O) groups excluding carboxylic acids is 3. The Morgan fingerprint density at radius 3 is 1.82 bits per heavy atom. The monoisotopic (exact) mass is 764 g/mol. The zero-order valence-corrected chi connectivity index (χ0v) is 28.1. The third kappa shape index (κ3) is 6.53. The molecule has 51 heavy (non-hydrogen) atoms. The second-order valence-electron chi connectivity index (χ2n) is 10.4. The van der Waals surface area contributed by atoms with Crippen LogP contribution in [0.2, 0.25) is 20.1 Å². The number of hydrogen-bond donors (Lipinski definition) is 4. The summed E-state index contributed by atoms with van der Waals surface area (Å²) in [5, 5.41) is 43.9. The molecule has 254 valence electrons. The highest BCUT2D eigenvalue weighted by atomic mass is 35.5. The molecule has 2 aliphatic rings. The second-order valence-corrected chi connectivity index (χ2v) is 12.1. The number of aromatic nitrogens is 4. The molecule has 2 aromatic heterocycles. The van der Waals surface area contributed by atoms with E-state index in [0.717, 1.165) is 9.13 Å². The largest absolute Gasteiger partial charge is 0.493 e. The van der Waals surface area contributed by atoms with Gasteiger partial charge in [-0.25, -0.2) is 23.7 Å². The number of amides is 4. The summed E-state index contributed by atoms with van der Waals surface area (Å²) in [6.07, 6.45) is 0. The van der Waals surface area contributed by atoms with Crippen molar-refractivity contribution in [1.82, 2.24) is 19.1 Å². The molecule has 0 radical (unpaired) electrons. The first-order valence-corrected chi connectivity index (χ1v) is 15.7. The van der Waals surface area contributed by atoms with E-state index in [9.17, 15) is 24.6 Å². The summed E-state index contributed by atoms with van der Waals surface area (Å²) < 4.78 is 1.95. The maximum atomic E-state index is 14.4. The number of nitrogens with zero attached hydrogens (tertiary/aromatic N) is 10. The molecule has 5 aromatic rings. The quantitative estimate of drug-likeness (QED) is 0.124. The molecule has 0 bridgehead atoms. The number of aromatic hydroxyl groups is 2. The number of urea groups is 2. The minimum atomic E-state index is -1.70. The molecule has 0 saturated heterocycles. The van der Waals surface area contributed by atoms with E-state index in [2.05, 4.69) is 51.0 Å². The lowest BCUT2D eigenvalue weighted by Gasteiger charge is -2.16. The van der Waals surface area contributed by atoms with Gasteiger partial charge in [-0.15, -0.1) is 20.5 Å². The number of anilines is 2. The molecular formula is C30H16Cl4N12O5. The number of Topliss-reactive ketones (excluding diaryl/α,β-unsaturated/α-hetero) is 1. The van der Waals surface area contributed by atoms with Crippen molar-refractivity contribution >= 4 is 99.3 Å². The number of imidazole rings is 2. The first-order valence-electron chi connectivity index (χ1n) is 14.2. The van der Waals surface area contributed by atoms with Crippen molar-refractivity contribution in [2.75, 3.05) is 10.6 Å². The maximum absolute atomic E-state index is 14.4. The number of aliphatic imine (C=N–C) groups is 2. The van der Waals surface area contributed by atoms with Gasteiger partial charge in [-0.2, -0.15) is 15.0 Å². The number of fused-ring (bicyclic) bond motifs is 2. The smallest absolute Gasteiger partial charge is 0.348 e. The molecule has 4 amide bonds. The van der Waals surface area contributed by atoms with Gasteiger partial charge in [-0.1, -0.05) is 46.4 Å². The van der Waals surface area contributed by atoms with E-state index >= 15 is 0 Å². The van der Waals surface area contributed by atoms with Gasteiger partial charge < -0.3 is 20.8 Å². The lowest BCUT2D eigenvalue weighted by molar-refractivity contribution is 0.0968. The number of ketones is 1. The van der Waals surface area contributed by atoms with Gasteiger partial charge in [0.05, 0.1) is 5.02 Å². The lowest BCUT2D eigenvalue weighted by Crippen LogP contribution is -2.23. The SMILES string of the molecule is O=C(N=C1N=Nc2nc([C@@H](C(=O)c3ccc(Cl)cc3Cl)c3nc(O)c4n3C(=NC(=O)Nc3ccc(Cl)cc3)N=N4)c(O)n21)Nc1ccc(Cl)cc1. The molecule has 0 aliphatic carbocycles. The second kappa shape index (κ2) is 13.4. The highest BCUT2D eigenvalue weighted by Crippen LogP contribution is 2.43. The Hall–Kier alpha value is -6.01. The van der Waals surface area contributed by atoms with E-state index in [4.69, 9.17) is 46.4 Å². The molecule has 3 aromatic carbocycles. The Bertz CT molecular complexity index is 2400. The van der Waals surface area contributed by atoms with Gasteiger partial charge in [-0.05, 0) is 66.7 Å². The average Bonchev–Trinajstić information content (AvgIpc) is 3.84. The number of azo groups is 2. The van der Waals surface area contributed by atoms with Crippen molar-refractivity contribution in [3.63, 3.8) is 0 Å². The summed E-state index contributed by atoms with van der Waals surface area (Å²) in [5.74, 6) is -5.58. The van der Waals surface area contributed by atoms with Crippen molar-refractivity contribution in [2.24, 2.45) is 30.4 Å².